The molecule has 0 unspecified atom stereocenters. The summed E-state index contributed by atoms with van der Waals surface area (Å²) in [6.45, 7) is 7.28. The van der Waals surface area contributed by atoms with Crippen LogP contribution in [0.15, 0.2) is 24.3 Å². The van der Waals surface area contributed by atoms with E-state index in [9.17, 15) is 14.4 Å². The summed E-state index contributed by atoms with van der Waals surface area (Å²) in [5, 5.41) is 3.00. The van der Waals surface area contributed by atoms with E-state index >= 15 is 0 Å². The molecule has 0 aliphatic carbocycles. The fourth-order valence-corrected chi connectivity index (χ4v) is 4.23. The second-order valence-electron chi connectivity index (χ2n) is 8.32. The van der Waals surface area contributed by atoms with Crippen molar-refractivity contribution < 1.29 is 19.1 Å². The first-order chi connectivity index (χ1) is 14.8. The molecule has 1 aromatic heterocycles. The minimum absolute atomic E-state index is 0.0461. The Balaban J connectivity index is 1.51. The fourth-order valence-electron chi connectivity index (χ4n) is 4.23. The first-order valence-electron chi connectivity index (χ1n) is 10.7. The molecule has 2 N–H and O–H groups in total. The predicted octanol–water partition coefficient (Wildman–Crippen LogP) is 3.29. The van der Waals surface area contributed by atoms with Gasteiger partial charge in [-0.15, -0.1) is 0 Å². The van der Waals surface area contributed by atoms with E-state index in [4.69, 9.17) is 4.74 Å². The second-order valence-corrected chi connectivity index (χ2v) is 8.32. The van der Waals surface area contributed by atoms with Crippen LogP contribution in [-0.2, 0) is 16.1 Å². The molecule has 0 saturated carbocycles. The Kier molecular flexibility index (Phi) is 7.15. The third kappa shape index (κ3) is 5.34. The highest BCUT2D eigenvalue weighted by Crippen LogP contribution is 2.25. The van der Waals surface area contributed by atoms with E-state index in [-0.39, 0.29) is 17.7 Å². The number of amides is 2. The molecule has 2 heterocycles. The minimum Gasteiger partial charge on any atom is -0.465 e. The zero-order valence-electron chi connectivity index (χ0n) is 18.7. The van der Waals surface area contributed by atoms with E-state index in [1.165, 1.54) is 12.7 Å². The molecule has 2 aromatic rings. The van der Waals surface area contributed by atoms with Gasteiger partial charge >= 0.3 is 5.97 Å². The smallest absolute Gasteiger partial charge is 0.339 e. The van der Waals surface area contributed by atoms with Crippen LogP contribution < -0.4 is 5.32 Å². The van der Waals surface area contributed by atoms with Gasteiger partial charge in [-0.2, -0.15) is 0 Å². The number of hydrogen-bond acceptors (Lipinski definition) is 4. The Bertz CT molecular complexity index is 971. The molecule has 3 rings (SSSR count). The highest BCUT2D eigenvalue weighted by atomic mass is 16.5. The number of aromatic nitrogens is 1. The lowest BCUT2D eigenvalue weighted by Gasteiger charge is -2.31. The maximum absolute atomic E-state index is 13.0. The zero-order chi connectivity index (χ0) is 22.5. The van der Waals surface area contributed by atoms with Crippen LogP contribution >= 0.6 is 0 Å². The van der Waals surface area contributed by atoms with Crippen molar-refractivity contribution in [2.24, 2.45) is 5.92 Å². The number of nitrogens with zero attached hydrogens (tertiary/aromatic N) is 1. The number of aryl methyl sites for hydroxylation is 2. The number of piperidine rings is 1. The first kappa shape index (κ1) is 22.6. The summed E-state index contributed by atoms with van der Waals surface area (Å²) in [5.74, 6) is -0.248. The largest absolute Gasteiger partial charge is 0.465 e. The van der Waals surface area contributed by atoms with Crippen LogP contribution in [-0.4, -0.2) is 47.9 Å². The van der Waals surface area contributed by atoms with Gasteiger partial charge in [0, 0.05) is 31.7 Å². The van der Waals surface area contributed by atoms with Gasteiger partial charge in [0.05, 0.1) is 12.7 Å². The van der Waals surface area contributed by atoms with Gasteiger partial charge in [0.15, 0.2) is 0 Å². The molecular formula is C24H31N3O4. The lowest BCUT2D eigenvalue weighted by molar-refractivity contribution is -0.122. The van der Waals surface area contributed by atoms with Gasteiger partial charge in [-0.1, -0.05) is 29.8 Å². The molecule has 0 bridgehead atoms. The number of carbonyl (C=O) groups excluding carboxylic acids is 3. The number of ether oxygens (including phenoxy) is 1. The number of aromatic amines is 1. The van der Waals surface area contributed by atoms with E-state index in [0.717, 1.165) is 18.4 Å². The van der Waals surface area contributed by atoms with Crippen molar-refractivity contribution in [1.29, 1.82) is 0 Å². The minimum atomic E-state index is -0.444. The summed E-state index contributed by atoms with van der Waals surface area (Å²) in [4.78, 5) is 42.1. The average Bonchev–Trinajstić information content (AvgIpc) is 3.05. The number of hydrogen-bond donors (Lipinski definition) is 2. The second kappa shape index (κ2) is 9.81. The lowest BCUT2D eigenvalue weighted by atomic mass is 9.93. The molecule has 1 aromatic carbocycles. The van der Waals surface area contributed by atoms with Gasteiger partial charge in [0.2, 0.25) is 5.91 Å². The number of methoxy groups -OCH3 is 1. The molecular weight excluding hydrogens is 394 g/mol. The molecule has 0 atom stereocenters. The van der Waals surface area contributed by atoms with Crippen LogP contribution in [0.5, 0.6) is 0 Å². The lowest BCUT2D eigenvalue weighted by Crippen LogP contribution is -2.40. The Labute approximate surface area is 183 Å². The van der Waals surface area contributed by atoms with Crippen LogP contribution in [0.3, 0.4) is 0 Å². The number of nitrogens with one attached hydrogen (secondary N) is 2. The highest BCUT2D eigenvalue weighted by Gasteiger charge is 2.29. The Morgan fingerprint density at radius 1 is 1.16 bits per heavy atom. The number of H-pyrrole nitrogens is 1. The molecule has 1 aliphatic heterocycles. The molecule has 1 fully saturated rings. The first-order valence-corrected chi connectivity index (χ1v) is 10.7. The van der Waals surface area contributed by atoms with Crippen molar-refractivity contribution >= 4 is 17.8 Å². The number of rotatable bonds is 6. The van der Waals surface area contributed by atoms with Crippen molar-refractivity contribution in [2.75, 3.05) is 20.2 Å². The molecule has 0 spiro atoms. The van der Waals surface area contributed by atoms with Gasteiger partial charge < -0.3 is 19.9 Å². The number of likely N-dealkylation sites (tertiary alicyclic amines) is 1. The fraction of sp³-hybridized carbons (Fsp3) is 0.458. The van der Waals surface area contributed by atoms with Crippen molar-refractivity contribution in [3.8, 4) is 0 Å². The van der Waals surface area contributed by atoms with E-state index in [0.29, 0.717) is 48.6 Å². The van der Waals surface area contributed by atoms with Gasteiger partial charge in [0.25, 0.3) is 5.91 Å². The molecule has 2 amide bonds. The van der Waals surface area contributed by atoms with Crippen molar-refractivity contribution in [3.05, 3.63) is 57.9 Å². The molecule has 166 valence electrons. The summed E-state index contributed by atoms with van der Waals surface area (Å²) >= 11 is 0. The third-order valence-corrected chi connectivity index (χ3v) is 5.99. The van der Waals surface area contributed by atoms with Crippen molar-refractivity contribution in [3.63, 3.8) is 0 Å². The molecule has 1 aliphatic rings. The number of benzene rings is 1. The summed E-state index contributed by atoms with van der Waals surface area (Å²) in [5.41, 5.74) is 4.38. The standard InChI is InChI=1S/C24H31N3O4/c1-15-6-5-7-19(12-15)14-25-20(28)13-18-8-10-27(11-9-18)23(29)22-16(2)21(17(3)26-22)24(30)31-4/h5-7,12,18,26H,8-11,13-14H2,1-4H3,(H,25,28). The Morgan fingerprint density at radius 3 is 2.52 bits per heavy atom. The molecule has 7 nitrogen and oxygen atoms in total. The Hall–Kier alpha value is -3.09. The van der Waals surface area contributed by atoms with Gasteiger partial charge in [-0.05, 0) is 50.7 Å². The maximum Gasteiger partial charge on any atom is 0.339 e. The normalized spacial score (nSPS) is 14.4. The van der Waals surface area contributed by atoms with E-state index in [1.807, 2.05) is 25.1 Å². The number of esters is 1. The average molecular weight is 426 g/mol. The van der Waals surface area contributed by atoms with Crippen LogP contribution in [0.1, 0.15) is 62.5 Å². The van der Waals surface area contributed by atoms with Crippen molar-refractivity contribution in [1.82, 2.24) is 15.2 Å². The molecule has 31 heavy (non-hydrogen) atoms. The zero-order valence-corrected chi connectivity index (χ0v) is 18.7. The van der Waals surface area contributed by atoms with E-state index in [2.05, 4.69) is 16.4 Å². The van der Waals surface area contributed by atoms with Crippen LogP contribution in [0, 0.1) is 26.7 Å². The molecule has 1 saturated heterocycles. The monoisotopic (exact) mass is 425 g/mol. The Morgan fingerprint density at radius 2 is 1.87 bits per heavy atom. The number of carbonyl (C=O) groups is 3. The summed E-state index contributed by atoms with van der Waals surface area (Å²) < 4.78 is 4.82. The molecule has 7 heteroatoms. The SMILES string of the molecule is COC(=O)c1c(C)[nH]c(C(=O)N2CCC(CC(=O)NCc3cccc(C)c3)CC2)c1C. The van der Waals surface area contributed by atoms with E-state index in [1.54, 1.807) is 18.7 Å². The van der Waals surface area contributed by atoms with Gasteiger partial charge in [0.1, 0.15) is 5.69 Å². The predicted molar refractivity (Wildman–Crippen MR) is 118 cm³/mol. The summed E-state index contributed by atoms with van der Waals surface area (Å²) in [6, 6.07) is 8.10. The van der Waals surface area contributed by atoms with Crippen LogP contribution in [0.25, 0.3) is 0 Å². The molecule has 0 radical (unpaired) electrons. The van der Waals surface area contributed by atoms with Crippen molar-refractivity contribution in [2.45, 2.75) is 46.6 Å². The highest BCUT2D eigenvalue weighted by molar-refractivity contribution is 6.00. The summed E-state index contributed by atoms with van der Waals surface area (Å²) in [6.07, 6.45) is 2.04. The topological polar surface area (TPSA) is 91.5 Å². The summed E-state index contributed by atoms with van der Waals surface area (Å²) in [7, 11) is 1.33. The quantitative estimate of drug-likeness (QED) is 0.695. The van der Waals surface area contributed by atoms with E-state index < -0.39 is 5.97 Å². The van der Waals surface area contributed by atoms with Crippen LogP contribution in [0.4, 0.5) is 0 Å². The van der Waals surface area contributed by atoms with Gasteiger partial charge in [-0.3, -0.25) is 9.59 Å². The van der Waals surface area contributed by atoms with Gasteiger partial charge in [-0.25, -0.2) is 4.79 Å². The maximum atomic E-state index is 13.0. The third-order valence-electron chi connectivity index (χ3n) is 5.99. The van der Waals surface area contributed by atoms with Crippen LogP contribution in [0.2, 0.25) is 0 Å².